The normalized spacial score (nSPS) is 12.5. The molecule has 2 atom stereocenters. The predicted molar refractivity (Wildman–Crippen MR) is 254 cm³/mol. The third-order valence-corrected chi connectivity index (χ3v) is 11.3. The second kappa shape index (κ2) is 44.1. The van der Waals surface area contributed by atoms with Crippen LogP contribution in [0.4, 0.5) is 0 Å². The van der Waals surface area contributed by atoms with Gasteiger partial charge in [0.15, 0.2) is 5.96 Å². The third-order valence-electron chi connectivity index (χ3n) is 11.3. The van der Waals surface area contributed by atoms with Crippen LogP contribution >= 0.6 is 0 Å². The minimum Gasteiger partial charge on any atom is -0.469 e. The molecule has 0 fully saturated rings. The lowest BCUT2D eigenvalue weighted by Crippen LogP contribution is -2.44. The standard InChI is InChI=1S/C49H95N7O4/c1-3-4-5-6-7-8-9-10-11-14-17-20-23-26-29-34-42-56(48(59)45(51)37-32-33-40-54-47(58)44(50)38-36-41-55-49(52)53)43-35-30-27-24-21-18-15-12-13-16-19-22-25-28-31-39-46(57)60-2/h10-13,44-45H,3-9,14-43,50-51H2,1-2H3,(H,54,58)(H4,52,53,55)/b11-10-,13-12-. The first-order valence-corrected chi connectivity index (χ1v) is 24.7. The monoisotopic (exact) mass is 846 g/mol. The van der Waals surface area contributed by atoms with Gasteiger partial charge in [-0.25, -0.2) is 0 Å². The van der Waals surface area contributed by atoms with Gasteiger partial charge in [-0.05, 0) is 103 Å². The van der Waals surface area contributed by atoms with Crippen LogP contribution in [0.15, 0.2) is 24.3 Å². The first kappa shape index (κ1) is 57.1. The highest BCUT2D eigenvalue weighted by atomic mass is 16.5. The van der Waals surface area contributed by atoms with Gasteiger partial charge >= 0.3 is 5.97 Å². The number of guanidine groups is 1. The zero-order valence-corrected chi connectivity index (χ0v) is 38.9. The number of nitrogens with one attached hydrogen (secondary N) is 3. The fourth-order valence-corrected chi connectivity index (χ4v) is 7.42. The summed E-state index contributed by atoms with van der Waals surface area (Å²) in [7, 11) is 1.45. The van der Waals surface area contributed by atoms with Crippen molar-refractivity contribution in [2.24, 2.45) is 17.2 Å². The lowest BCUT2D eigenvalue weighted by Gasteiger charge is -2.26. The van der Waals surface area contributed by atoms with Crippen LogP contribution in [-0.4, -0.2) is 74.0 Å². The molecular formula is C49H95N7O4. The number of nitrogens with two attached hydrogens (primary N) is 3. The van der Waals surface area contributed by atoms with Crippen molar-refractivity contribution in [2.45, 2.75) is 231 Å². The quantitative estimate of drug-likeness (QED) is 0.0115. The number of methoxy groups -OCH3 is 1. The van der Waals surface area contributed by atoms with E-state index < -0.39 is 12.1 Å². The molecule has 0 saturated carbocycles. The molecule has 0 heterocycles. The van der Waals surface area contributed by atoms with Crippen molar-refractivity contribution in [1.29, 1.82) is 5.41 Å². The predicted octanol–water partition coefficient (Wildman–Crippen LogP) is 10.2. The topological polar surface area (TPSA) is 190 Å². The van der Waals surface area contributed by atoms with Gasteiger partial charge in [0, 0.05) is 32.6 Å². The molecule has 60 heavy (non-hydrogen) atoms. The van der Waals surface area contributed by atoms with E-state index in [-0.39, 0.29) is 23.7 Å². The van der Waals surface area contributed by atoms with E-state index in [1.165, 1.54) is 129 Å². The Morgan fingerprint density at radius 1 is 0.550 bits per heavy atom. The number of unbranched alkanes of at least 4 members (excludes halogenated alkanes) is 24. The molecule has 0 spiro atoms. The number of esters is 1. The molecule has 2 amide bonds. The van der Waals surface area contributed by atoms with Gasteiger partial charge < -0.3 is 37.5 Å². The van der Waals surface area contributed by atoms with Crippen LogP contribution in [-0.2, 0) is 19.1 Å². The Kier molecular flexibility index (Phi) is 42.0. The number of ether oxygens (including phenoxy) is 1. The van der Waals surface area contributed by atoms with Crippen molar-refractivity contribution in [3.05, 3.63) is 24.3 Å². The first-order chi connectivity index (χ1) is 29.2. The summed E-state index contributed by atoms with van der Waals surface area (Å²) in [5, 5.41) is 12.8. The molecule has 0 aliphatic rings. The lowest BCUT2D eigenvalue weighted by molar-refractivity contribution is -0.140. The molecule has 0 rings (SSSR count). The van der Waals surface area contributed by atoms with Crippen molar-refractivity contribution in [3.63, 3.8) is 0 Å². The molecule has 0 aromatic carbocycles. The number of nitrogens with zero attached hydrogens (tertiary/aromatic N) is 1. The molecule has 0 aliphatic heterocycles. The highest BCUT2D eigenvalue weighted by molar-refractivity contribution is 5.82. The molecule has 11 heteroatoms. The van der Waals surface area contributed by atoms with E-state index in [4.69, 9.17) is 27.3 Å². The van der Waals surface area contributed by atoms with E-state index in [0.717, 1.165) is 77.3 Å². The molecule has 2 unspecified atom stereocenters. The molecule has 350 valence electrons. The van der Waals surface area contributed by atoms with Gasteiger partial charge in [-0.2, -0.15) is 0 Å². The molecule has 11 nitrogen and oxygen atoms in total. The van der Waals surface area contributed by atoms with Crippen LogP contribution in [0.3, 0.4) is 0 Å². The van der Waals surface area contributed by atoms with Gasteiger partial charge in [0.05, 0.1) is 19.2 Å². The molecule has 0 radical (unpaired) electrons. The van der Waals surface area contributed by atoms with Crippen LogP contribution in [0.5, 0.6) is 0 Å². The smallest absolute Gasteiger partial charge is 0.305 e. The summed E-state index contributed by atoms with van der Waals surface area (Å²) in [5.41, 5.74) is 17.8. The Morgan fingerprint density at radius 3 is 1.43 bits per heavy atom. The van der Waals surface area contributed by atoms with Gasteiger partial charge in [0.25, 0.3) is 0 Å². The molecule has 9 N–H and O–H groups in total. The minimum absolute atomic E-state index is 0.0679. The second-order valence-corrected chi connectivity index (χ2v) is 17.0. The van der Waals surface area contributed by atoms with Gasteiger partial charge in [-0.1, -0.05) is 134 Å². The van der Waals surface area contributed by atoms with Gasteiger partial charge in [0.1, 0.15) is 0 Å². The Bertz CT molecular complexity index is 1090. The van der Waals surface area contributed by atoms with E-state index >= 15 is 0 Å². The summed E-state index contributed by atoms with van der Waals surface area (Å²) in [6, 6.07) is -1.11. The lowest BCUT2D eigenvalue weighted by atomic mass is 10.1. The maximum absolute atomic E-state index is 13.5. The van der Waals surface area contributed by atoms with Crippen molar-refractivity contribution >= 4 is 23.7 Å². The van der Waals surface area contributed by atoms with Crippen molar-refractivity contribution < 1.29 is 19.1 Å². The minimum atomic E-state index is -0.593. The highest BCUT2D eigenvalue weighted by Crippen LogP contribution is 2.14. The average molecular weight is 846 g/mol. The fraction of sp³-hybridized carbons (Fsp3) is 0.837. The Balaban J connectivity index is 4.42. The molecule has 0 aliphatic carbocycles. The zero-order valence-electron chi connectivity index (χ0n) is 38.9. The van der Waals surface area contributed by atoms with Crippen LogP contribution in [0, 0.1) is 5.41 Å². The second-order valence-electron chi connectivity index (χ2n) is 17.0. The number of hydrogen-bond donors (Lipinski definition) is 6. The van der Waals surface area contributed by atoms with Gasteiger partial charge in [-0.3, -0.25) is 19.8 Å². The summed E-state index contributed by atoms with van der Waals surface area (Å²) >= 11 is 0. The zero-order chi connectivity index (χ0) is 44.2. The average Bonchev–Trinajstić information content (AvgIpc) is 3.24. The summed E-state index contributed by atoms with van der Waals surface area (Å²) < 4.78 is 4.69. The Labute approximate surface area is 368 Å². The van der Waals surface area contributed by atoms with Crippen molar-refractivity contribution in [3.8, 4) is 0 Å². The summed E-state index contributed by atoms with van der Waals surface area (Å²) in [4.78, 5) is 39.1. The number of rotatable bonds is 44. The molecule has 0 aromatic rings. The maximum atomic E-state index is 13.5. The number of carbonyl (C=O) groups is 3. The van der Waals surface area contributed by atoms with E-state index in [1.54, 1.807) is 0 Å². The maximum Gasteiger partial charge on any atom is 0.305 e. The number of amides is 2. The van der Waals surface area contributed by atoms with Crippen LogP contribution in [0.25, 0.3) is 0 Å². The van der Waals surface area contributed by atoms with Gasteiger partial charge in [-0.15, -0.1) is 0 Å². The van der Waals surface area contributed by atoms with Gasteiger partial charge in [0.2, 0.25) is 11.8 Å². The van der Waals surface area contributed by atoms with Crippen molar-refractivity contribution in [1.82, 2.24) is 15.5 Å². The summed E-state index contributed by atoms with van der Waals surface area (Å²) in [6.07, 6.45) is 46.1. The SMILES string of the molecule is CCCCCCCC/C=C\CCCCCCCCN(CCCCCCCC/C=C\CCCCCCCC(=O)OC)C(=O)C(N)CCCCNC(=O)C(N)CCCNC(=N)N. The Hall–Kier alpha value is -2.92. The number of allylic oxidation sites excluding steroid dienone is 4. The fourth-order valence-electron chi connectivity index (χ4n) is 7.42. The van der Waals surface area contributed by atoms with Crippen molar-refractivity contribution in [2.75, 3.05) is 33.3 Å². The summed E-state index contributed by atoms with van der Waals surface area (Å²) in [5.74, 6) is -0.301. The highest BCUT2D eigenvalue weighted by Gasteiger charge is 2.20. The number of carbonyl (C=O) groups excluding carboxylic acids is 3. The summed E-state index contributed by atoms with van der Waals surface area (Å²) in [6.45, 7) is 4.86. The van der Waals surface area contributed by atoms with Crippen LogP contribution in [0.2, 0.25) is 0 Å². The molecule has 0 saturated heterocycles. The first-order valence-electron chi connectivity index (χ1n) is 24.7. The third kappa shape index (κ3) is 39.2. The Morgan fingerprint density at radius 2 is 0.967 bits per heavy atom. The van der Waals surface area contributed by atoms with E-state index in [1.807, 2.05) is 4.90 Å². The van der Waals surface area contributed by atoms with Crippen LogP contribution < -0.4 is 27.8 Å². The largest absolute Gasteiger partial charge is 0.469 e. The van der Waals surface area contributed by atoms with E-state index in [2.05, 4.69) is 41.9 Å². The molecule has 0 bridgehead atoms. The molecular weight excluding hydrogens is 751 g/mol. The van der Waals surface area contributed by atoms with E-state index in [0.29, 0.717) is 38.8 Å². The number of hydrogen-bond acceptors (Lipinski definition) is 7. The van der Waals surface area contributed by atoms with E-state index in [9.17, 15) is 14.4 Å². The van der Waals surface area contributed by atoms with Crippen LogP contribution in [0.1, 0.15) is 219 Å². The molecule has 0 aromatic heterocycles.